The molecule has 1 heterocycles. The van der Waals surface area contributed by atoms with Gasteiger partial charge in [-0.3, -0.25) is 19.6 Å². The van der Waals surface area contributed by atoms with E-state index in [0.29, 0.717) is 31.7 Å². The predicted molar refractivity (Wildman–Crippen MR) is 145 cm³/mol. The fourth-order valence-electron chi connectivity index (χ4n) is 4.91. The molecule has 3 amide bonds. The zero-order valence-electron chi connectivity index (χ0n) is 22.3. The summed E-state index contributed by atoms with van der Waals surface area (Å²) < 4.78 is 5.94. The number of carbonyl (C=O) groups is 3. The highest BCUT2D eigenvalue weighted by atomic mass is 16.5. The van der Waals surface area contributed by atoms with Gasteiger partial charge in [-0.25, -0.2) is 5.48 Å². The average molecular weight is 522 g/mol. The minimum absolute atomic E-state index is 0.135. The van der Waals surface area contributed by atoms with Gasteiger partial charge in [0.2, 0.25) is 17.7 Å². The highest BCUT2D eigenvalue weighted by Gasteiger charge is 2.36. The standard InChI is InChI=1S/C30H39N3O5/c1-4-11-25(29(35)32-37)26(18-21(2)3)28(34)31-27-16-8-9-17-33(30(27)36)20-22-12-10-15-24(19-22)38-23-13-6-5-7-14-23/h4-7,10,12-15,19,21,25-27,37H,1,8-9,11,16-18,20H2,2-3H3,(H,31,34)(H,32,35). The van der Waals surface area contributed by atoms with Gasteiger partial charge in [0.25, 0.3) is 0 Å². The molecular weight excluding hydrogens is 482 g/mol. The molecule has 2 aromatic rings. The quantitative estimate of drug-likeness (QED) is 0.211. The third-order valence-electron chi connectivity index (χ3n) is 6.76. The van der Waals surface area contributed by atoms with Gasteiger partial charge in [-0.1, -0.05) is 50.3 Å². The smallest absolute Gasteiger partial charge is 0.247 e. The van der Waals surface area contributed by atoms with Gasteiger partial charge in [0, 0.05) is 13.1 Å². The van der Waals surface area contributed by atoms with Crippen molar-refractivity contribution in [1.29, 1.82) is 0 Å². The van der Waals surface area contributed by atoms with Crippen molar-refractivity contribution in [2.75, 3.05) is 6.54 Å². The molecule has 8 nitrogen and oxygen atoms in total. The van der Waals surface area contributed by atoms with Gasteiger partial charge in [0.1, 0.15) is 17.5 Å². The second kappa shape index (κ2) is 14.3. The average Bonchev–Trinajstić information content (AvgIpc) is 3.07. The first-order valence-corrected chi connectivity index (χ1v) is 13.3. The molecule has 8 heteroatoms. The summed E-state index contributed by atoms with van der Waals surface area (Å²) in [7, 11) is 0. The Morgan fingerprint density at radius 3 is 2.50 bits per heavy atom. The van der Waals surface area contributed by atoms with E-state index in [-0.39, 0.29) is 24.2 Å². The third-order valence-corrected chi connectivity index (χ3v) is 6.76. The number of hydrogen-bond acceptors (Lipinski definition) is 5. The van der Waals surface area contributed by atoms with Crippen LogP contribution in [-0.2, 0) is 20.9 Å². The lowest BCUT2D eigenvalue weighted by Crippen LogP contribution is -2.51. The maximum absolute atomic E-state index is 13.5. The lowest BCUT2D eigenvalue weighted by molar-refractivity contribution is -0.142. The summed E-state index contributed by atoms with van der Waals surface area (Å²) in [6, 6.07) is 16.5. The second-order valence-corrected chi connectivity index (χ2v) is 10.2. The molecule has 204 valence electrons. The zero-order valence-corrected chi connectivity index (χ0v) is 22.3. The molecule has 38 heavy (non-hydrogen) atoms. The van der Waals surface area contributed by atoms with E-state index in [1.165, 1.54) is 0 Å². The number of likely N-dealkylation sites (tertiary alicyclic amines) is 1. The number of hydroxylamine groups is 1. The van der Waals surface area contributed by atoms with E-state index in [9.17, 15) is 19.6 Å². The van der Waals surface area contributed by atoms with Crippen LogP contribution in [0, 0.1) is 17.8 Å². The summed E-state index contributed by atoms with van der Waals surface area (Å²) in [4.78, 5) is 41.1. The third kappa shape index (κ3) is 8.18. The molecule has 3 unspecified atom stereocenters. The molecule has 0 aromatic heterocycles. The van der Waals surface area contributed by atoms with Crippen molar-refractivity contribution in [2.45, 2.75) is 58.5 Å². The number of allylic oxidation sites excluding steroid dienone is 1. The first kappa shape index (κ1) is 28.9. The van der Waals surface area contributed by atoms with Crippen molar-refractivity contribution in [3.05, 3.63) is 72.8 Å². The van der Waals surface area contributed by atoms with E-state index in [1.807, 2.05) is 68.4 Å². The van der Waals surface area contributed by atoms with Crippen LogP contribution in [0.15, 0.2) is 67.3 Å². The van der Waals surface area contributed by atoms with Gasteiger partial charge < -0.3 is 15.0 Å². The number of hydrogen-bond donors (Lipinski definition) is 3. The van der Waals surface area contributed by atoms with Crippen LogP contribution in [-0.4, -0.2) is 40.4 Å². The summed E-state index contributed by atoms with van der Waals surface area (Å²) in [5.74, 6) is -1.03. The van der Waals surface area contributed by atoms with Crippen LogP contribution >= 0.6 is 0 Å². The molecule has 0 saturated carbocycles. The number of para-hydroxylation sites is 1. The highest BCUT2D eigenvalue weighted by Crippen LogP contribution is 2.27. The Labute approximate surface area is 225 Å². The van der Waals surface area contributed by atoms with Crippen LogP contribution in [0.4, 0.5) is 0 Å². The Morgan fingerprint density at radius 2 is 1.82 bits per heavy atom. The van der Waals surface area contributed by atoms with Gasteiger partial charge in [0.05, 0.1) is 11.8 Å². The van der Waals surface area contributed by atoms with Gasteiger partial charge >= 0.3 is 0 Å². The Kier molecular flexibility index (Phi) is 10.9. The molecule has 0 aliphatic carbocycles. The van der Waals surface area contributed by atoms with Gasteiger partial charge in [-0.15, -0.1) is 6.58 Å². The fraction of sp³-hybridized carbons (Fsp3) is 0.433. The Hall–Kier alpha value is -3.65. The molecule has 0 spiro atoms. The topological polar surface area (TPSA) is 108 Å². The normalized spacial score (nSPS) is 17.3. The van der Waals surface area contributed by atoms with Crippen molar-refractivity contribution in [3.63, 3.8) is 0 Å². The molecule has 1 aliphatic rings. The molecular formula is C30H39N3O5. The first-order valence-electron chi connectivity index (χ1n) is 13.3. The van der Waals surface area contributed by atoms with Gasteiger partial charge in [0.15, 0.2) is 0 Å². The second-order valence-electron chi connectivity index (χ2n) is 10.2. The van der Waals surface area contributed by atoms with Crippen molar-refractivity contribution in [1.82, 2.24) is 15.7 Å². The summed E-state index contributed by atoms with van der Waals surface area (Å²) in [6.07, 6.45) is 4.41. The number of amides is 3. The molecule has 3 rings (SSSR count). The highest BCUT2D eigenvalue weighted by molar-refractivity contribution is 5.91. The molecule has 3 atom stereocenters. The Morgan fingerprint density at radius 1 is 1.08 bits per heavy atom. The number of benzene rings is 2. The summed E-state index contributed by atoms with van der Waals surface area (Å²) in [5, 5.41) is 12.2. The number of nitrogens with zero attached hydrogens (tertiary/aromatic N) is 1. The van der Waals surface area contributed by atoms with Crippen LogP contribution < -0.4 is 15.5 Å². The minimum atomic E-state index is -0.774. The van der Waals surface area contributed by atoms with E-state index in [4.69, 9.17) is 4.74 Å². The largest absolute Gasteiger partial charge is 0.457 e. The van der Waals surface area contributed by atoms with Crippen LogP contribution in [0.1, 0.15) is 51.5 Å². The predicted octanol–water partition coefficient (Wildman–Crippen LogP) is 4.84. The lowest BCUT2D eigenvalue weighted by Gasteiger charge is -2.29. The molecule has 0 bridgehead atoms. The van der Waals surface area contributed by atoms with E-state index in [2.05, 4.69) is 11.9 Å². The number of nitrogens with one attached hydrogen (secondary N) is 2. The molecule has 1 saturated heterocycles. The SMILES string of the molecule is C=CCC(C(=O)NO)C(CC(C)C)C(=O)NC1CCCCN(Cc2cccc(Oc3ccccc3)c2)C1=O. The number of rotatable bonds is 12. The minimum Gasteiger partial charge on any atom is -0.457 e. The summed E-state index contributed by atoms with van der Waals surface area (Å²) in [6.45, 7) is 8.63. The molecule has 2 aromatic carbocycles. The van der Waals surface area contributed by atoms with Crippen molar-refractivity contribution >= 4 is 17.7 Å². The van der Waals surface area contributed by atoms with Gasteiger partial charge in [-0.05, 0) is 67.9 Å². The fourth-order valence-corrected chi connectivity index (χ4v) is 4.91. The van der Waals surface area contributed by atoms with Crippen molar-refractivity contribution in [3.8, 4) is 11.5 Å². The van der Waals surface area contributed by atoms with E-state index in [1.54, 1.807) is 16.5 Å². The zero-order chi connectivity index (χ0) is 27.5. The molecule has 3 N–H and O–H groups in total. The Bertz CT molecular complexity index is 1090. The van der Waals surface area contributed by atoms with Crippen LogP contribution in [0.2, 0.25) is 0 Å². The first-order chi connectivity index (χ1) is 18.3. The lowest BCUT2D eigenvalue weighted by atomic mass is 9.82. The monoisotopic (exact) mass is 521 g/mol. The number of carbonyl (C=O) groups excluding carboxylic acids is 3. The van der Waals surface area contributed by atoms with Crippen LogP contribution in [0.25, 0.3) is 0 Å². The van der Waals surface area contributed by atoms with Crippen molar-refractivity contribution in [2.24, 2.45) is 17.8 Å². The van der Waals surface area contributed by atoms with Crippen LogP contribution in [0.3, 0.4) is 0 Å². The summed E-state index contributed by atoms with van der Waals surface area (Å²) in [5.41, 5.74) is 2.62. The summed E-state index contributed by atoms with van der Waals surface area (Å²) >= 11 is 0. The van der Waals surface area contributed by atoms with E-state index in [0.717, 1.165) is 24.2 Å². The maximum atomic E-state index is 13.5. The van der Waals surface area contributed by atoms with E-state index >= 15 is 0 Å². The molecule has 1 aliphatic heterocycles. The number of ether oxygens (including phenoxy) is 1. The molecule has 0 radical (unpaired) electrons. The van der Waals surface area contributed by atoms with E-state index < -0.39 is 23.8 Å². The maximum Gasteiger partial charge on any atom is 0.247 e. The van der Waals surface area contributed by atoms with Crippen molar-refractivity contribution < 1.29 is 24.3 Å². The molecule has 1 fully saturated rings. The Balaban J connectivity index is 1.72. The van der Waals surface area contributed by atoms with Gasteiger partial charge in [-0.2, -0.15) is 0 Å². The van der Waals surface area contributed by atoms with Crippen LogP contribution in [0.5, 0.6) is 11.5 Å².